The maximum atomic E-state index is 6.08. The summed E-state index contributed by atoms with van der Waals surface area (Å²) < 4.78 is 6.08. The minimum absolute atomic E-state index is 0.324. The number of hydrogen-bond donors (Lipinski definition) is 0. The van der Waals surface area contributed by atoms with Gasteiger partial charge in [0.2, 0.25) is 0 Å². The molecule has 2 nitrogen and oxygen atoms in total. The monoisotopic (exact) mass is 293 g/mol. The highest BCUT2D eigenvalue weighted by Crippen LogP contribution is 2.19. The van der Waals surface area contributed by atoms with Crippen LogP contribution in [0.15, 0.2) is 54.6 Å². The van der Waals surface area contributed by atoms with Gasteiger partial charge >= 0.3 is 0 Å². The van der Waals surface area contributed by atoms with Gasteiger partial charge in [-0.05, 0) is 49.7 Å². The van der Waals surface area contributed by atoms with Crippen molar-refractivity contribution in [1.29, 1.82) is 0 Å². The Balaban J connectivity index is 1.59. The molecule has 2 heteroatoms. The third-order valence-electron chi connectivity index (χ3n) is 4.03. The number of likely N-dealkylation sites (tertiary alicyclic amines) is 1. The molecule has 114 valence electrons. The van der Waals surface area contributed by atoms with Crippen LogP contribution in [-0.4, -0.2) is 31.1 Å². The normalized spacial score (nSPS) is 19.4. The van der Waals surface area contributed by atoms with Crippen LogP contribution in [0.3, 0.4) is 0 Å². The zero-order valence-corrected chi connectivity index (χ0v) is 13.1. The molecule has 0 N–H and O–H groups in total. The standard InChI is InChI=1S/C20H23NO/c1-21-15-5-8-20(16-21)22-19-13-11-18(12-14-19)10-9-17-6-3-2-4-7-17/h2-4,6-7,9-14,20H,5,8,15-16H2,1H3/b10-9+. The van der Waals surface area contributed by atoms with Crippen LogP contribution >= 0.6 is 0 Å². The minimum Gasteiger partial charge on any atom is -0.489 e. The molecule has 1 fully saturated rings. The Bertz CT molecular complexity index is 603. The van der Waals surface area contributed by atoms with Crippen LogP contribution in [0, 0.1) is 0 Å². The van der Waals surface area contributed by atoms with E-state index >= 15 is 0 Å². The number of likely N-dealkylation sites (N-methyl/N-ethyl adjacent to an activating group) is 1. The molecule has 0 saturated carbocycles. The van der Waals surface area contributed by atoms with Crippen LogP contribution < -0.4 is 4.74 Å². The highest BCUT2D eigenvalue weighted by Gasteiger charge is 2.18. The van der Waals surface area contributed by atoms with Gasteiger partial charge in [0.25, 0.3) is 0 Å². The molecule has 2 aromatic carbocycles. The molecule has 1 saturated heterocycles. The first-order valence-corrected chi connectivity index (χ1v) is 7.98. The van der Waals surface area contributed by atoms with Gasteiger partial charge in [0.05, 0.1) is 0 Å². The van der Waals surface area contributed by atoms with E-state index in [1.54, 1.807) is 0 Å². The van der Waals surface area contributed by atoms with Crippen LogP contribution in [0.5, 0.6) is 5.75 Å². The number of piperidine rings is 1. The van der Waals surface area contributed by atoms with Crippen LogP contribution in [0.25, 0.3) is 12.2 Å². The van der Waals surface area contributed by atoms with E-state index in [0.29, 0.717) is 6.10 Å². The van der Waals surface area contributed by atoms with E-state index in [1.807, 2.05) is 6.07 Å². The number of rotatable bonds is 4. The van der Waals surface area contributed by atoms with Crippen molar-refractivity contribution in [3.63, 3.8) is 0 Å². The molecule has 1 heterocycles. The fourth-order valence-corrected chi connectivity index (χ4v) is 2.82. The van der Waals surface area contributed by atoms with E-state index in [0.717, 1.165) is 18.7 Å². The average Bonchev–Trinajstić information content (AvgIpc) is 2.55. The van der Waals surface area contributed by atoms with Crippen molar-refractivity contribution in [3.8, 4) is 5.75 Å². The van der Waals surface area contributed by atoms with E-state index in [2.05, 4.69) is 72.6 Å². The summed E-state index contributed by atoms with van der Waals surface area (Å²) in [6.07, 6.45) is 6.96. The maximum Gasteiger partial charge on any atom is 0.119 e. The summed E-state index contributed by atoms with van der Waals surface area (Å²) in [6, 6.07) is 18.7. The molecule has 0 bridgehead atoms. The first kappa shape index (κ1) is 14.9. The van der Waals surface area contributed by atoms with Gasteiger partial charge in [0.15, 0.2) is 0 Å². The predicted molar refractivity (Wildman–Crippen MR) is 93.0 cm³/mol. The van der Waals surface area contributed by atoms with Gasteiger partial charge in [-0.15, -0.1) is 0 Å². The molecular formula is C20H23NO. The lowest BCUT2D eigenvalue weighted by Gasteiger charge is -2.30. The lowest BCUT2D eigenvalue weighted by Crippen LogP contribution is -2.38. The lowest BCUT2D eigenvalue weighted by molar-refractivity contribution is 0.104. The molecule has 0 aliphatic carbocycles. The van der Waals surface area contributed by atoms with Gasteiger partial charge in [0, 0.05) is 6.54 Å². The number of ether oxygens (including phenoxy) is 1. The molecule has 0 amide bonds. The van der Waals surface area contributed by atoms with Crippen molar-refractivity contribution in [1.82, 2.24) is 4.90 Å². The fourth-order valence-electron chi connectivity index (χ4n) is 2.82. The summed E-state index contributed by atoms with van der Waals surface area (Å²) in [5.41, 5.74) is 2.41. The molecule has 2 aromatic rings. The summed E-state index contributed by atoms with van der Waals surface area (Å²) >= 11 is 0. The molecule has 0 spiro atoms. The van der Waals surface area contributed by atoms with E-state index in [9.17, 15) is 0 Å². The molecular weight excluding hydrogens is 270 g/mol. The van der Waals surface area contributed by atoms with E-state index in [1.165, 1.54) is 24.1 Å². The van der Waals surface area contributed by atoms with Gasteiger partial charge in [-0.1, -0.05) is 54.6 Å². The van der Waals surface area contributed by atoms with Crippen molar-refractivity contribution < 1.29 is 4.74 Å². The largest absolute Gasteiger partial charge is 0.489 e. The predicted octanol–water partition coefficient (Wildman–Crippen LogP) is 4.33. The number of hydrogen-bond acceptors (Lipinski definition) is 2. The Hall–Kier alpha value is -2.06. The first-order valence-electron chi connectivity index (χ1n) is 7.98. The second-order valence-corrected chi connectivity index (χ2v) is 5.96. The lowest BCUT2D eigenvalue weighted by atomic mass is 10.1. The van der Waals surface area contributed by atoms with Crippen LogP contribution in [-0.2, 0) is 0 Å². The smallest absolute Gasteiger partial charge is 0.119 e. The van der Waals surface area contributed by atoms with Gasteiger partial charge < -0.3 is 9.64 Å². The molecule has 0 aromatic heterocycles. The van der Waals surface area contributed by atoms with Gasteiger partial charge in [-0.25, -0.2) is 0 Å². The second-order valence-electron chi connectivity index (χ2n) is 5.96. The molecule has 3 rings (SSSR count). The van der Waals surface area contributed by atoms with Crippen LogP contribution in [0.2, 0.25) is 0 Å². The maximum absolute atomic E-state index is 6.08. The molecule has 22 heavy (non-hydrogen) atoms. The Kier molecular flexibility index (Phi) is 4.92. The van der Waals surface area contributed by atoms with Crippen LogP contribution in [0.1, 0.15) is 24.0 Å². The molecule has 1 aliphatic rings. The summed E-state index contributed by atoms with van der Waals surface area (Å²) in [7, 11) is 2.16. The third kappa shape index (κ3) is 4.22. The summed E-state index contributed by atoms with van der Waals surface area (Å²) in [5.74, 6) is 0.970. The van der Waals surface area contributed by atoms with Gasteiger partial charge in [-0.2, -0.15) is 0 Å². The summed E-state index contributed by atoms with van der Waals surface area (Å²) in [4.78, 5) is 2.34. The number of benzene rings is 2. The van der Waals surface area contributed by atoms with E-state index < -0.39 is 0 Å². The zero-order chi connectivity index (χ0) is 15.2. The highest BCUT2D eigenvalue weighted by molar-refractivity contribution is 5.69. The van der Waals surface area contributed by atoms with Crippen molar-refractivity contribution >= 4 is 12.2 Å². The Morgan fingerprint density at radius 1 is 0.955 bits per heavy atom. The number of nitrogens with zero attached hydrogens (tertiary/aromatic N) is 1. The highest BCUT2D eigenvalue weighted by atomic mass is 16.5. The quantitative estimate of drug-likeness (QED) is 0.778. The molecule has 1 aliphatic heterocycles. The van der Waals surface area contributed by atoms with Gasteiger partial charge in [0.1, 0.15) is 11.9 Å². The first-order chi connectivity index (χ1) is 10.8. The molecule has 1 atom stereocenters. The Labute approximate surface area is 133 Å². The summed E-state index contributed by atoms with van der Waals surface area (Å²) in [6.45, 7) is 2.21. The van der Waals surface area contributed by atoms with E-state index in [4.69, 9.17) is 4.74 Å². The third-order valence-corrected chi connectivity index (χ3v) is 4.03. The van der Waals surface area contributed by atoms with E-state index in [-0.39, 0.29) is 0 Å². The molecule has 0 radical (unpaired) electrons. The Morgan fingerprint density at radius 3 is 2.32 bits per heavy atom. The Morgan fingerprint density at radius 2 is 1.64 bits per heavy atom. The van der Waals surface area contributed by atoms with Crippen molar-refractivity contribution in [2.75, 3.05) is 20.1 Å². The minimum atomic E-state index is 0.324. The van der Waals surface area contributed by atoms with Crippen molar-refractivity contribution in [3.05, 3.63) is 65.7 Å². The van der Waals surface area contributed by atoms with Crippen LogP contribution in [0.4, 0.5) is 0 Å². The average molecular weight is 293 g/mol. The molecule has 1 unspecified atom stereocenters. The van der Waals surface area contributed by atoms with Crippen molar-refractivity contribution in [2.24, 2.45) is 0 Å². The second kappa shape index (κ2) is 7.28. The zero-order valence-electron chi connectivity index (χ0n) is 13.1. The van der Waals surface area contributed by atoms with Gasteiger partial charge in [-0.3, -0.25) is 0 Å². The topological polar surface area (TPSA) is 12.5 Å². The summed E-state index contributed by atoms with van der Waals surface area (Å²) in [5, 5.41) is 0. The fraction of sp³-hybridized carbons (Fsp3) is 0.300. The van der Waals surface area contributed by atoms with Crippen molar-refractivity contribution in [2.45, 2.75) is 18.9 Å². The SMILES string of the molecule is CN1CCCC(Oc2ccc(/C=C/c3ccccc3)cc2)C1.